The van der Waals surface area contributed by atoms with Gasteiger partial charge in [-0.3, -0.25) is 0 Å². The van der Waals surface area contributed by atoms with Gasteiger partial charge in [-0.1, -0.05) is 22.0 Å². The molecule has 0 aliphatic rings. The molecule has 0 saturated heterocycles. The molecule has 6 heteroatoms. The van der Waals surface area contributed by atoms with Crippen LogP contribution < -0.4 is 4.74 Å². The van der Waals surface area contributed by atoms with Gasteiger partial charge in [0.1, 0.15) is 0 Å². The van der Waals surface area contributed by atoms with Gasteiger partial charge in [0, 0.05) is 4.47 Å². The molecule has 0 radical (unpaired) electrons. The van der Waals surface area contributed by atoms with Gasteiger partial charge in [0.05, 0.1) is 19.0 Å². The Balaban J connectivity index is 2.60. The monoisotopic (exact) mass is 296 g/mol. The van der Waals surface area contributed by atoms with Crippen LogP contribution in [0.25, 0.3) is 5.69 Å². The molecule has 0 fully saturated rings. The predicted octanol–water partition coefficient (Wildman–Crippen LogP) is 2.34. The molecular weight excluding hydrogens is 288 g/mol. The number of carbonyl (C=O) groups is 1. The quantitative estimate of drug-likeness (QED) is 0.944. The van der Waals surface area contributed by atoms with Gasteiger partial charge in [-0.05, 0) is 18.2 Å². The summed E-state index contributed by atoms with van der Waals surface area (Å²) in [4.78, 5) is 11.2. The van der Waals surface area contributed by atoms with Crippen LogP contribution in [0, 0.1) is 0 Å². The Bertz CT molecular complexity index is 566. The average molecular weight is 297 g/mol. The molecule has 88 valence electrons. The number of ether oxygens (including phenoxy) is 1. The molecule has 0 atom stereocenters. The van der Waals surface area contributed by atoms with E-state index >= 15 is 0 Å². The molecule has 2 aromatic rings. The van der Waals surface area contributed by atoms with Crippen molar-refractivity contribution in [3.05, 3.63) is 40.6 Å². The van der Waals surface area contributed by atoms with Crippen molar-refractivity contribution in [3.8, 4) is 11.4 Å². The fraction of sp³-hybridized carbons (Fsp3) is 0.0909. The van der Waals surface area contributed by atoms with Crippen LogP contribution in [-0.4, -0.2) is 28.0 Å². The van der Waals surface area contributed by atoms with E-state index in [0.29, 0.717) is 5.69 Å². The smallest absolute Gasteiger partial charge is 0.358 e. The lowest BCUT2D eigenvalue weighted by atomic mass is 10.3. The summed E-state index contributed by atoms with van der Waals surface area (Å²) in [5, 5.41) is 13.2. The zero-order valence-electron chi connectivity index (χ0n) is 8.92. The minimum absolute atomic E-state index is 0.00519. The molecule has 17 heavy (non-hydrogen) atoms. The van der Waals surface area contributed by atoms with Crippen LogP contribution in [0.15, 0.2) is 34.9 Å². The second-order valence-corrected chi connectivity index (χ2v) is 4.17. The van der Waals surface area contributed by atoms with Crippen molar-refractivity contribution in [1.29, 1.82) is 0 Å². The Morgan fingerprint density at radius 2 is 2.29 bits per heavy atom. The highest BCUT2D eigenvalue weighted by Gasteiger charge is 2.19. The van der Waals surface area contributed by atoms with Crippen molar-refractivity contribution in [3.63, 3.8) is 0 Å². The molecule has 5 nitrogen and oxygen atoms in total. The van der Waals surface area contributed by atoms with E-state index in [1.165, 1.54) is 18.0 Å². The number of benzene rings is 1. The van der Waals surface area contributed by atoms with Gasteiger partial charge in [0.15, 0.2) is 11.4 Å². The number of nitrogens with zero attached hydrogens (tertiary/aromatic N) is 2. The van der Waals surface area contributed by atoms with Crippen LogP contribution in [0.1, 0.15) is 10.5 Å². The molecule has 0 spiro atoms. The van der Waals surface area contributed by atoms with E-state index in [4.69, 9.17) is 9.84 Å². The van der Waals surface area contributed by atoms with Gasteiger partial charge < -0.3 is 9.84 Å². The van der Waals surface area contributed by atoms with Gasteiger partial charge in [0.25, 0.3) is 0 Å². The highest BCUT2D eigenvalue weighted by molar-refractivity contribution is 9.10. The minimum Gasteiger partial charge on any atom is -0.493 e. The highest BCUT2D eigenvalue weighted by Crippen LogP contribution is 2.22. The van der Waals surface area contributed by atoms with Crippen molar-refractivity contribution in [2.45, 2.75) is 0 Å². The summed E-state index contributed by atoms with van der Waals surface area (Å²) < 4.78 is 7.14. The van der Waals surface area contributed by atoms with E-state index in [-0.39, 0.29) is 11.4 Å². The third kappa shape index (κ3) is 2.16. The summed E-state index contributed by atoms with van der Waals surface area (Å²) in [6.07, 6.45) is 1.38. The van der Waals surface area contributed by atoms with Gasteiger partial charge >= 0.3 is 5.97 Å². The second-order valence-electron chi connectivity index (χ2n) is 3.26. The number of aromatic nitrogens is 2. The van der Waals surface area contributed by atoms with Gasteiger partial charge in [-0.2, -0.15) is 5.10 Å². The zero-order chi connectivity index (χ0) is 12.4. The van der Waals surface area contributed by atoms with Crippen LogP contribution in [0.3, 0.4) is 0 Å². The lowest BCUT2D eigenvalue weighted by Gasteiger charge is -2.05. The number of hydrogen-bond donors (Lipinski definition) is 1. The van der Waals surface area contributed by atoms with E-state index in [0.717, 1.165) is 4.47 Å². The molecule has 1 N–H and O–H groups in total. The first-order valence-corrected chi connectivity index (χ1v) is 5.54. The second kappa shape index (κ2) is 4.58. The maximum atomic E-state index is 11.2. The Morgan fingerprint density at radius 3 is 2.88 bits per heavy atom. The number of hydrogen-bond acceptors (Lipinski definition) is 3. The summed E-state index contributed by atoms with van der Waals surface area (Å²) in [7, 11) is 1.41. The first-order valence-electron chi connectivity index (χ1n) is 4.74. The number of carboxylic acids is 1. The standard InChI is InChI=1S/C11H9BrN2O3/c1-17-9-6-13-14(10(9)11(15)16)8-4-2-3-7(12)5-8/h2-6H,1H3,(H,15,16). The number of halogens is 1. The van der Waals surface area contributed by atoms with Crippen molar-refractivity contribution in [2.75, 3.05) is 7.11 Å². The normalized spacial score (nSPS) is 10.2. The van der Waals surface area contributed by atoms with Crippen molar-refractivity contribution >= 4 is 21.9 Å². The van der Waals surface area contributed by atoms with Crippen LogP contribution in [0.4, 0.5) is 0 Å². The minimum atomic E-state index is -1.08. The summed E-state index contributed by atoms with van der Waals surface area (Å²) >= 11 is 3.33. The van der Waals surface area contributed by atoms with Crippen LogP contribution in [0.5, 0.6) is 5.75 Å². The summed E-state index contributed by atoms with van der Waals surface area (Å²) in [5.41, 5.74) is 0.658. The van der Waals surface area contributed by atoms with Crippen LogP contribution in [0.2, 0.25) is 0 Å². The molecular formula is C11H9BrN2O3. The van der Waals surface area contributed by atoms with E-state index in [2.05, 4.69) is 21.0 Å². The van der Waals surface area contributed by atoms with Crippen molar-refractivity contribution in [1.82, 2.24) is 9.78 Å². The maximum absolute atomic E-state index is 11.2. The highest BCUT2D eigenvalue weighted by atomic mass is 79.9. The molecule has 1 aromatic heterocycles. The van der Waals surface area contributed by atoms with E-state index in [1.807, 2.05) is 6.07 Å². The molecule has 0 bridgehead atoms. The Hall–Kier alpha value is -1.82. The maximum Gasteiger partial charge on any atom is 0.358 e. The fourth-order valence-electron chi connectivity index (χ4n) is 1.48. The zero-order valence-corrected chi connectivity index (χ0v) is 10.5. The number of methoxy groups -OCH3 is 1. The Morgan fingerprint density at radius 1 is 1.53 bits per heavy atom. The molecule has 0 unspecified atom stereocenters. The van der Waals surface area contributed by atoms with Gasteiger partial charge in [-0.25, -0.2) is 9.48 Å². The third-order valence-electron chi connectivity index (χ3n) is 2.21. The Kier molecular flexibility index (Phi) is 3.14. The molecule has 1 aromatic carbocycles. The first kappa shape index (κ1) is 11.7. The van der Waals surface area contributed by atoms with Gasteiger partial charge in [0.2, 0.25) is 0 Å². The van der Waals surface area contributed by atoms with E-state index < -0.39 is 5.97 Å². The molecule has 0 saturated carbocycles. The van der Waals surface area contributed by atoms with E-state index in [1.54, 1.807) is 18.2 Å². The molecule has 0 aliphatic carbocycles. The summed E-state index contributed by atoms with van der Waals surface area (Å²) in [5.74, 6) is -0.850. The fourth-order valence-corrected chi connectivity index (χ4v) is 1.87. The first-order chi connectivity index (χ1) is 8.13. The predicted molar refractivity (Wildman–Crippen MR) is 64.8 cm³/mol. The largest absolute Gasteiger partial charge is 0.493 e. The lowest BCUT2D eigenvalue weighted by molar-refractivity contribution is 0.0683. The molecule has 1 heterocycles. The lowest BCUT2D eigenvalue weighted by Crippen LogP contribution is -2.09. The van der Waals surface area contributed by atoms with Gasteiger partial charge in [-0.15, -0.1) is 0 Å². The average Bonchev–Trinajstić information content (AvgIpc) is 2.72. The number of carboxylic acid groups (broad SMARTS) is 1. The summed E-state index contributed by atoms with van der Waals surface area (Å²) in [6, 6.07) is 7.20. The molecule has 0 amide bonds. The molecule has 2 rings (SSSR count). The van der Waals surface area contributed by atoms with Crippen LogP contribution >= 0.6 is 15.9 Å². The number of rotatable bonds is 3. The van der Waals surface area contributed by atoms with Crippen molar-refractivity contribution in [2.24, 2.45) is 0 Å². The number of aromatic carboxylic acids is 1. The molecule has 0 aliphatic heterocycles. The third-order valence-corrected chi connectivity index (χ3v) is 2.70. The van der Waals surface area contributed by atoms with Crippen molar-refractivity contribution < 1.29 is 14.6 Å². The topological polar surface area (TPSA) is 64.4 Å². The van der Waals surface area contributed by atoms with E-state index in [9.17, 15) is 4.79 Å². The summed E-state index contributed by atoms with van der Waals surface area (Å²) in [6.45, 7) is 0. The SMILES string of the molecule is COc1cnn(-c2cccc(Br)c2)c1C(=O)O. The Labute approximate surface area is 106 Å². The van der Waals surface area contributed by atoms with Crippen LogP contribution in [-0.2, 0) is 0 Å².